The third-order valence-corrected chi connectivity index (χ3v) is 5.61. The van der Waals surface area contributed by atoms with E-state index in [0.717, 1.165) is 12.2 Å². The Kier molecular flexibility index (Phi) is 5.42. The highest BCUT2D eigenvalue weighted by atomic mass is 32.2. The quantitative estimate of drug-likeness (QED) is 0.854. The molecular formula is C15H23N3O3S. The Morgan fingerprint density at radius 3 is 2.50 bits per heavy atom. The number of hydrogen-bond donors (Lipinski definition) is 1. The molecule has 7 heteroatoms. The summed E-state index contributed by atoms with van der Waals surface area (Å²) in [7, 11) is -3.73. The number of nitrogens with one attached hydrogen (secondary N) is 1. The normalized spacial score (nSPS) is 18.7. The van der Waals surface area contributed by atoms with E-state index in [-0.39, 0.29) is 5.92 Å². The van der Waals surface area contributed by atoms with Crippen LogP contribution in [0.15, 0.2) is 30.3 Å². The molecule has 1 atom stereocenters. The first-order valence-electron chi connectivity index (χ1n) is 7.59. The van der Waals surface area contributed by atoms with Crippen molar-refractivity contribution in [1.82, 2.24) is 9.03 Å². The maximum atomic E-state index is 12.2. The molecule has 22 heavy (non-hydrogen) atoms. The van der Waals surface area contributed by atoms with E-state index in [9.17, 15) is 13.2 Å². The highest BCUT2D eigenvalue weighted by Crippen LogP contribution is 2.23. The van der Waals surface area contributed by atoms with Gasteiger partial charge in [-0.25, -0.2) is 4.72 Å². The van der Waals surface area contributed by atoms with Crippen molar-refractivity contribution in [1.29, 1.82) is 0 Å². The maximum Gasteiger partial charge on any atom is 0.303 e. The van der Waals surface area contributed by atoms with Crippen LogP contribution in [-0.2, 0) is 15.0 Å². The van der Waals surface area contributed by atoms with Gasteiger partial charge in [-0.2, -0.15) is 12.7 Å². The van der Waals surface area contributed by atoms with Crippen LogP contribution in [0.25, 0.3) is 0 Å². The molecule has 1 amide bonds. The van der Waals surface area contributed by atoms with Crippen molar-refractivity contribution < 1.29 is 13.2 Å². The van der Waals surface area contributed by atoms with E-state index in [2.05, 4.69) is 9.62 Å². The molecule has 122 valence electrons. The summed E-state index contributed by atoms with van der Waals surface area (Å²) in [6.45, 7) is 5.50. The van der Waals surface area contributed by atoms with Crippen molar-refractivity contribution >= 4 is 21.8 Å². The fraction of sp³-hybridized carbons (Fsp3) is 0.533. The van der Waals surface area contributed by atoms with Crippen LogP contribution in [0.1, 0.15) is 20.3 Å². The lowest BCUT2D eigenvalue weighted by Crippen LogP contribution is -2.45. The van der Waals surface area contributed by atoms with E-state index in [1.807, 2.05) is 30.3 Å². The van der Waals surface area contributed by atoms with Crippen LogP contribution in [0, 0.1) is 5.92 Å². The van der Waals surface area contributed by atoms with Gasteiger partial charge in [0.1, 0.15) is 0 Å². The van der Waals surface area contributed by atoms with E-state index < -0.39 is 16.1 Å². The highest BCUT2D eigenvalue weighted by molar-refractivity contribution is 7.87. The summed E-state index contributed by atoms with van der Waals surface area (Å²) in [5.41, 5.74) is 1.06. The zero-order chi connectivity index (χ0) is 16.2. The van der Waals surface area contributed by atoms with Crippen molar-refractivity contribution in [2.75, 3.05) is 31.1 Å². The minimum Gasteiger partial charge on any atom is -0.371 e. The number of hydrogen-bond acceptors (Lipinski definition) is 4. The zero-order valence-corrected chi connectivity index (χ0v) is 13.8. The van der Waals surface area contributed by atoms with Gasteiger partial charge in [0, 0.05) is 31.9 Å². The van der Waals surface area contributed by atoms with Crippen molar-refractivity contribution in [3.8, 4) is 0 Å². The van der Waals surface area contributed by atoms with Crippen LogP contribution in [0.4, 0.5) is 5.69 Å². The Morgan fingerprint density at radius 2 is 1.91 bits per heavy atom. The molecule has 0 radical (unpaired) electrons. The van der Waals surface area contributed by atoms with Gasteiger partial charge in [0.05, 0.1) is 5.92 Å². The summed E-state index contributed by atoms with van der Waals surface area (Å²) in [5.74, 6) is -0.712. The number of amides is 1. The molecule has 2 rings (SSSR count). The largest absolute Gasteiger partial charge is 0.371 e. The van der Waals surface area contributed by atoms with E-state index in [1.165, 1.54) is 4.31 Å². The molecular weight excluding hydrogens is 302 g/mol. The topological polar surface area (TPSA) is 69.7 Å². The smallest absolute Gasteiger partial charge is 0.303 e. The summed E-state index contributed by atoms with van der Waals surface area (Å²) >= 11 is 0. The third kappa shape index (κ3) is 3.78. The molecule has 1 heterocycles. The monoisotopic (exact) mass is 325 g/mol. The van der Waals surface area contributed by atoms with Crippen LogP contribution in [0.3, 0.4) is 0 Å². The second-order valence-corrected chi connectivity index (χ2v) is 6.99. The first kappa shape index (κ1) is 16.8. The van der Waals surface area contributed by atoms with Crippen molar-refractivity contribution in [3.05, 3.63) is 30.3 Å². The molecule has 1 N–H and O–H groups in total. The van der Waals surface area contributed by atoms with Gasteiger partial charge in [0.2, 0.25) is 5.91 Å². The first-order chi connectivity index (χ1) is 10.5. The minimum atomic E-state index is -3.73. The molecule has 1 fully saturated rings. The minimum absolute atomic E-state index is 0.300. The first-order valence-corrected chi connectivity index (χ1v) is 9.03. The standard InChI is InChI=1S/C15H23N3O3S/c1-3-18(4-2)22(20,21)16-15(19)13-10-11-17(12-13)14-8-6-5-7-9-14/h5-9,13H,3-4,10-12H2,1-2H3,(H,16,19). The van der Waals surface area contributed by atoms with Crippen LogP contribution in [-0.4, -0.2) is 44.8 Å². The molecule has 0 bridgehead atoms. The van der Waals surface area contributed by atoms with Gasteiger partial charge >= 0.3 is 10.2 Å². The summed E-state index contributed by atoms with van der Waals surface area (Å²) < 4.78 is 27.6. The van der Waals surface area contributed by atoms with Crippen LogP contribution < -0.4 is 9.62 Å². The van der Waals surface area contributed by atoms with E-state index in [0.29, 0.717) is 26.1 Å². The molecule has 0 aromatic heterocycles. The fourth-order valence-electron chi connectivity index (χ4n) is 2.69. The molecule has 1 aliphatic heterocycles. The highest BCUT2D eigenvalue weighted by Gasteiger charge is 2.32. The SMILES string of the molecule is CCN(CC)S(=O)(=O)NC(=O)C1CCN(c2ccccc2)C1. The summed E-state index contributed by atoms with van der Waals surface area (Å²) in [5, 5.41) is 0. The van der Waals surface area contributed by atoms with Gasteiger partial charge in [-0.3, -0.25) is 4.79 Å². The Balaban J connectivity index is 1.98. The molecule has 0 saturated carbocycles. The summed E-state index contributed by atoms with van der Waals surface area (Å²) in [4.78, 5) is 14.3. The molecule has 1 aliphatic rings. The molecule has 1 saturated heterocycles. The molecule has 0 aliphatic carbocycles. The fourth-order valence-corrected chi connectivity index (χ4v) is 3.92. The second kappa shape index (κ2) is 7.11. The molecule has 0 spiro atoms. The average Bonchev–Trinajstić information content (AvgIpc) is 2.98. The lowest BCUT2D eigenvalue weighted by molar-refractivity contribution is -0.122. The van der Waals surface area contributed by atoms with E-state index in [1.54, 1.807) is 13.8 Å². The van der Waals surface area contributed by atoms with Crippen LogP contribution >= 0.6 is 0 Å². The maximum absolute atomic E-state index is 12.2. The van der Waals surface area contributed by atoms with Gasteiger partial charge in [0.15, 0.2) is 0 Å². The number of para-hydroxylation sites is 1. The number of carbonyl (C=O) groups excluding carboxylic acids is 1. The predicted octanol–water partition coefficient (Wildman–Crippen LogP) is 1.22. The molecule has 1 aromatic carbocycles. The van der Waals surface area contributed by atoms with Crippen molar-refractivity contribution in [2.24, 2.45) is 5.92 Å². The second-order valence-electron chi connectivity index (χ2n) is 5.32. The number of carbonyl (C=O) groups is 1. The molecule has 1 aromatic rings. The zero-order valence-electron chi connectivity index (χ0n) is 13.0. The van der Waals surface area contributed by atoms with Gasteiger partial charge in [0.25, 0.3) is 0 Å². The Labute approximate surface area is 132 Å². The Bertz CT molecular complexity index is 600. The van der Waals surface area contributed by atoms with E-state index >= 15 is 0 Å². The lowest BCUT2D eigenvalue weighted by Gasteiger charge is -2.21. The van der Waals surface area contributed by atoms with E-state index in [4.69, 9.17) is 0 Å². The van der Waals surface area contributed by atoms with Gasteiger partial charge in [-0.1, -0.05) is 32.0 Å². The van der Waals surface area contributed by atoms with Gasteiger partial charge in [-0.05, 0) is 18.6 Å². The third-order valence-electron chi connectivity index (χ3n) is 3.96. The van der Waals surface area contributed by atoms with Gasteiger partial charge in [-0.15, -0.1) is 0 Å². The summed E-state index contributed by atoms with van der Waals surface area (Å²) in [6.07, 6.45) is 0.661. The van der Waals surface area contributed by atoms with Crippen molar-refractivity contribution in [2.45, 2.75) is 20.3 Å². The average molecular weight is 325 g/mol. The Morgan fingerprint density at radius 1 is 1.27 bits per heavy atom. The number of nitrogens with zero attached hydrogens (tertiary/aromatic N) is 2. The number of rotatable bonds is 6. The predicted molar refractivity (Wildman–Crippen MR) is 86.7 cm³/mol. The number of benzene rings is 1. The van der Waals surface area contributed by atoms with Crippen LogP contribution in [0.2, 0.25) is 0 Å². The van der Waals surface area contributed by atoms with Crippen molar-refractivity contribution in [3.63, 3.8) is 0 Å². The van der Waals surface area contributed by atoms with Crippen LogP contribution in [0.5, 0.6) is 0 Å². The lowest BCUT2D eigenvalue weighted by atomic mass is 10.1. The molecule has 6 nitrogen and oxygen atoms in total. The number of anilines is 1. The van der Waals surface area contributed by atoms with Gasteiger partial charge < -0.3 is 4.90 Å². The molecule has 1 unspecified atom stereocenters. The Hall–Kier alpha value is -1.60. The summed E-state index contributed by atoms with van der Waals surface area (Å²) in [6, 6.07) is 9.83.